The molecule has 2 aliphatic rings. The van der Waals surface area contributed by atoms with Crippen LogP contribution in [0.3, 0.4) is 0 Å². The third-order valence-electron chi connectivity index (χ3n) is 6.32. The summed E-state index contributed by atoms with van der Waals surface area (Å²) in [6, 6.07) is -0.571. The van der Waals surface area contributed by atoms with Crippen molar-refractivity contribution in [2.75, 3.05) is 13.2 Å². The Morgan fingerprint density at radius 3 is 1.74 bits per heavy atom. The van der Waals surface area contributed by atoms with Crippen LogP contribution in [0.1, 0.15) is 81.1 Å². The molecule has 2 atom stereocenters. The van der Waals surface area contributed by atoms with E-state index in [1.54, 1.807) is 13.8 Å². The second-order valence-corrected chi connectivity index (χ2v) is 10.7. The van der Waals surface area contributed by atoms with Crippen molar-refractivity contribution in [1.29, 1.82) is 0 Å². The van der Waals surface area contributed by atoms with Crippen LogP contribution in [0, 0.1) is 0 Å². The van der Waals surface area contributed by atoms with Crippen LogP contribution in [0.25, 0.3) is 0 Å². The van der Waals surface area contributed by atoms with Crippen LogP contribution >= 0.6 is 0 Å². The number of hydrogen-bond acceptors (Lipinski definition) is 6. The van der Waals surface area contributed by atoms with Gasteiger partial charge in [0.25, 0.3) is 23.6 Å². The molecule has 0 aliphatic carbocycles. The van der Waals surface area contributed by atoms with Crippen molar-refractivity contribution in [3.05, 3.63) is 23.3 Å². The van der Waals surface area contributed by atoms with Crippen molar-refractivity contribution in [3.8, 4) is 0 Å². The molecule has 0 saturated heterocycles. The number of carbonyl (C=O) groups excluding carboxylic acids is 4. The van der Waals surface area contributed by atoms with Gasteiger partial charge in [-0.2, -0.15) is 0 Å². The Morgan fingerprint density at radius 1 is 0.765 bits per heavy atom. The van der Waals surface area contributed by atoms with E-state index in [0.717, 1.165) is 19.3 Å². The van der Waals surface area contributed by atoms with E-state index in [-0.39, 0.29) is 42.3 Å². The molecule has 0 bridgehead atoms. The van der Waals surface area contributed by atoms with E-state index in [2.05, 4.69) is 0 Å². The molecule has 34 heavy (non-hydrogen) atoms. The topological polar surface area (TPSA) is 93.2 Å². The van der Waals surface area contributed by atoms with Gasteiger partial charge in [-0.05, 0) is 81.1 Å². The molecule has 2 rings (SSSR count). The SMILES string of the molecule is CC1=CC(=O)N(C(C)COC(C)(C)CCCCOC(C)(C)CC(C)N2C(=O)C=C(C)C2=O)C1=O. The fraction of sp³-hybridized carbons (Fsp3) is 0.692. The van der Waals surface area contributed by atoms with Crippen LogP contribution in [-0.4, -0.2) is 69.9 Å². The number of imide groups is 2. The molecule has 0 aromatic heterocycles. The monoisotopic (exact) mass is 476 g/mol. The molecule has 0 aromatic rings. The molecule has 8 heteroatoms. The Bertz CT molecular complexity index is 886. The number of amides is 4. The van der Waals surface area contributed by atoms with Crippen LogP contribution in [-0.2, 0) is 28.7 Å². The van der Waals surface area contributed by atoms with E-state index < -0.39 is 11.2 Å². The predicted molar refractivity (Wildman–Crippen MR) is 129 cm³/mol. The van der Waals surface area contributed by atoms with Gasteiger partial charge in [-0.1, -0.05) is 0 Å². The Hall–Kier alpha value is -2.32. The zero-order valence-electron chi connectivity index (χ0n) is 21.9. The second kappa shape index (κ2) is 11.0. The van der Waals surface area contributed by atoms with Crippen LogP contribution in [0.2, 0.25) is 0 Å². The highest BCUT2D eigenvalue weighted by Crippen LogP contribution is 2.25. The number of hydrogen-bond donors (Lipinski definition) is 0. The van der Waals surface area contributed by atoms with Crippen molar-refractivity contribution in [2.45, 2.75) is 104 Å². The lowest BCUT2D eigenvalue weighted by Crippen LogP contribution is -2.43. The molecule has 0 aromatic carbocycles. The molecule has 2 unspecified atom stereocenters. The molecule has 0 N–H and O–H groups in total. The first-order valence-corrected chi connectivity index (χ1v) is 12.0. The van der Waals surface area contributed by atoms with Gasteiger partial charge in [0.1, 0.15) is 0 Å². The van der Waals surface area contributed by atoms with Gasteiger partial charge in [0.15, 0.2) is 0 Å². The normalized spacial score (nSPS) is 19.2. The minimum absolute atomic E-state index is 0.227. The lowest BCUT2D eigenvalue weighted by atomic mass is 9.98. The summed E-state index contributed by atoms with van der Waals surface area (Å²) in [5.41, 5.74) is 0.0614. The summed E-state index contributed by atoms with van der Waals surface area (Å²) in [5.74, 6) is -1.02. The van der Waals surface area contributed by atoms with Gasteiger partial charge in [-0.15, -0.1) is 0 Å². The first kappa shape index (κ1) is 27.9. The Balaban J connectivity index is 1.69. The second-order valence-electron chi connectivity index (χ2n) is 10.7. The minimum Gasteiger partial charge on any atom is -0.375 e. The largest absolute Gasteiger partial charge is 0.375 e. The van der Waals surface area contributed by atoms with Gasteiger partial charge < -0.3 is 9.47 Å². The lowest BCUT2D eigenvalue weighted by molar-refractivity contribution is -0.144. The summed E-state index contributed by atoms with van der Waals surface area (Å²) in [6.45, 7) is 15.8. The van der Waals surface area contributed by atoms with E-state index in [9.17, 15) is 19.2 Å². The van der Waals surface area contributed by atoms with Gasteiger partial charge in [0.2, 0.25) is 0 Å². The summed E-state index contributed by atoms with van der Waals surface area (Å²) in [5, 5.41) is 0. The van der Waals surface area contributed by atoms with Gasteiger partial charge >= 0.3 is 0 Å². The highest BCUT2D eigenvalue weighted by Gasteiger charge is 2.36. The zero-order valence-corrected chi connectivity index (χ0v) is 21.9. The van der Waals surface area contributed by atoms with Crippen molar-refractivity contribution in [3.63, 3.8) is 0 Å². The average molecular weight is 477 g/mol. The molecule has 4 amide bonds. The van der Waals surface area contributed by atoms with Crippen molar-refractivity contribution in [2.24, 2.45) is 0 Å². The molecule has 190 valence electrons. The van der Waals surface area contributed by atoms with E-state index in [1.165, 1.54) is 22.0 Å². The Morgan fingerprint density at radius 2 is 1.26 bits per heavy atom. The Kier molecular flexibility index (Phi) is 8.99. The van der Waals surface area contributed by atoms with E-state index in [1.807, 2.05) is 41.5 Å². The van der Waals surface area contributed by atoms with Gasteiger partial charge in [0, 0.05) is 35.9 Å². The maximum atomic E-state index is 12.2. The van der Waals surface area contributed by atoms with E-state index in [0.29, 0.717) is 24.2 Å². The third-order valence-corrected chi connectivity index (χ3v) is 6.32. The quantitative estimate of drug-likeness (QED) is 0.298. The first-order chi connectivity index (χ1) is 15.6. The van der Waals surface area contributed by atoms with Crippen LogP contribution < -0.4 is 0 Å². The van der Waals surface area contributed by atoms with E-state index >= 15 is 0 Å². The Labute approximate surface area is 203 Å². The maximum absolute atomic E-state index is 12.2. The standard InChI is InChI=1S/C26H40N2O6/c1-17-13-21(29)27(23(17)31)19(3)15-26(7,8)33-12-10-9-11-25(5,6)34-16-20(4)28-22(30)14-18(2)24(28)32/h13-14,19-20H,9-12,15-16H2,1-8H3. The lowest BCUT2D eigenvalue weighted by Gasteiger charge is -2.32. The molecule has 0 radical (unpaired) electrons. The summed E-state index contributed by atoms with van der Waals surface area (Å²) < 4.78 is 12.1. The summed E-state index contributed by atoms with van der Waals surface area (Å²) in [7, 11) is 0. The highest BCUT2D eigenvalue weighted by molar-refractivity contribution is 6.16. The summed E-state index contributed by atoms with van der Waals surface area (Å²) in [4.78, 5) is 50.9. The van der Waals surface area contributed by atoms with Gasteiger partial charge in [0.05, 0.1) is 23.9 Å². The number of carbonyl (C=O) groups is 4. The van der Waals surface area contributed by atoms with Crippen molar-refractivity contribution < 1.29 is 28.7 Å². The third kappa shape index (κ3) is 7.09. The number of ether oxygens (including phenoxy) is 2. The maximum Gasteiger partial charge on any atom is 0.256 e. The number of unbranched alkanes of at least 4 members (excludes halogenated alkanes) is 1. The minimum atomic E-state index is -0.473. The molecular formula is C26H40N2O6. The highest BCUT2D eigenvalue weighted by atomic mass is 16.5. The van der Waals surface area contributed by atoms with Crippen LogP contribution in [0.15, 0.2) is 23.3 Å². The molecule has 8 nitrogen and oxygen atoms in total. The van der Waals surface area contributed by atoms with Crippen LogP contribution in [0.5, 0.6) is 0 Å². The molecule has 0 spiro atoms. The first-order valence-electron chi connectivity index (χ1n) is 12.0. The number of rotatable bonds is 13. The number of nitrogens with zero attached hydrogens (tertiary/aromatic N) is 2. The fourth-order valence-electron chi connectivity index (χ4n) is 4.40. The van der Waals surface area contributed by atoms with Crippen molar-refractivity contribution >= 4 is 23.6 Å². The van der Waals surface area contributed by atoms with Gasteiger partial charge in [-0.25, -0.2) is 0 Å². The van der Waals surface area contributed by atoms with Gasteiger partial charge in [-0.3, -0.25) is 29.0 Å². The predicted octanol–water partition coefficient (Wildman–Crippen LogP) is 3.54. The smallest absolute Gasteiger partial charge is 0.256 e. The summed E-state index contributed by atoms with van der Waals surface area (Å²) in [6.07, 6.45) is 5.85. The zero-order chi connectivity index (χ0) is 25.8. The van der Waals surface area contributed by atoms with Crippen molar-refractivity contribution in [1.82, 2.24) is 9.80 Å². The average Bonchev–Trinajstić information content (AvgIpc) is 3.11. The van der Waals surface area contributed by atoms with Crippen LogP contribution in [0.4, 0.5) is 0 Å². The molecule has 0 fully saturated rings. The van der Waals surface area contributed by atoms with E-state index in [4.69, 9.17) is 9.47 Å². The molecule has 2 aliphatic heterocycles. The molecule has 2 heterocycles. The summed E-state index contributed by atoms with van der Waals surface area (Å²) >= 11 is 0. The fourth-order valence-corrected chi connectivity index (χ4v) is 4.40. The molecule has 0 saturated carbocycles. The molecular weight excluding hydrogens is 436 g/mol.